The molecule has 2 aromatic carbocycles. The third-order valence-electron chi connectivity index (χ3n) is 3.87. The van der Waals surface area contributed by atoms with Gasteiger partial charge in [-0.1, -0.05) is 60.1 Å². The summed E-state index contributed by atoms with van der Waals surface area (Å²) >= 11 is 7.46. The molecule has 3 aromatic rings. The van der Waals surface area contributed by atoms with Crippen molar-refractivity contribution in [2.75, 3.05) is 5.75 Å². The molecule has 0 saturated carbocycles. The number of pyridine rings is 1. The van der Waals surface area contributed by atoms with Crippen LogP contribution in [0, 0.1) is 0 Å². The fourth-order valence-electron chi connectivity index (χ4n) is 2.53. The van der Waals surface area contributed by atoms with Gasteiger partial charge >= 0.3 is 0 Å². The van der Waals surface area contributed by atoms with Gasteiger partial charge in [0.1, 0.15) is 5.69 Å². The first kappa shape index (κ1) is 19.9. The van der Waals surface area contributed by atoms with E-state index in [2.05, 4.69) is 15.8 Å². The molecule has 7 heteroatoms. The second-order valence-electron chi connectivity index (χ2n) is 5.87. The van der Waals surface area contributed by atoms with Crippen molar-refractivity contribution < 1.29 is 9.59 Å². The molecule has 2 amide bonds. The normalized spacial score (nSPS) is 11.5. The van der Waals surface area contributed by atoms with Crippen molar-refractivity contribution in [3.05, 3.63) is 101 Å². The molecule has 0 fully saturated rings. The van der Waals surface area contributed by atoms with Gasteiger partial charge in [-0.15, -0.1) is 11.8 Å². The van der Waals surface area contributed by atoms with Crippen molar-refractivity contribution in [3.63, 3.8) is 0 Å². The molecule has 2 N–H and O–H groups in total. The van der Waals surface area contributed by atoms with Gasteiger partial charge in [-0.05, 0) is 35.4 Å². The standard InChI is InChI=1S/C21H18ClN3O2S/c22-17-11-9-16(10-12-17)20(15-6-2-1-3-7-15)28-14-19(26)24-25-21(27)18-8-4-5-13-23-18/h1-13,20H,14H2,(H,24,26)(H,25,27)/t20-/m0/s1. The number of carbonyl (C=O) groups excluding carboxylic acids is 2. The zero-order valence-electron chi connectivity index (χ0n) is 14.8. The lowest BCUT2D eigenvalue weighted by Gasteiger charge is -2.18. The Hall–Kier alpha value is -2.83. The molecule has 1 aromatic heterocycles. The number of carbonyl (C=O) groups is 2. The number of thioether (sulfide) groups is 1. The second kappa shape index (κ2) is 9.92. The third-order valence-corrected chi connectivity index (χ3v) is 5.43. The minimum Gasteiger partial charge on any atom is -0.272 e. The van der Waals surface area contributed by atoms with E-state index in [-0.39, 0.29) is 22.6 Å². The van der Waals surface area contributed by atoms with E-state index in [4.69, 9.17) is 11.6 Å². The maximum Gasteiger partial charge on any atom is 0.288 e. The lowest BCUT2D eigenvalue weighted by molar-refractivity contribution is -0.119. The van der Waals surface area contributed by atoms with Gasteiger partial charge in [-0.25, -0.2) is 0 Å². The summed E-state index contributed by atoms with van der Waals surface area (Å²) in [5.41, 5.74) is 7.17. The van der Waals surface area contributed by atoms with Crippen molar-refractivity contribution in [2.24, 2.45) is 0 Å². The molecule has 0 spiro atoms. The van der Waals surface area contributed by atoms with E-state index in [0.717, 1.165) is 11.1 Å². The van der Waals surface area contributed by atoms with Gasteiger partial charge in [0.2, 0.25) is 5.91 Å². The lowest BCUT2D eigenvalue weighted by Crippen LogP contribution is -2.42. The summed E-state index contributed by atoms with van der Waals surface area (Å²) in [5.74, 6) is -0.592. The largest absolute Gasteiger partial charge is 0.288 e. The van der Waals surface area contributed by atoms with Crippen molar-refractivity contribution >= 4 is 35.2 Å². The zero-order chi connectivity index (χ0) is 19.8. The molecular weight excluding hydrogens is 394 g/mol. The highest BCUT2D eigenvalue weighted by molar-refractivity contribution is 8.00. The summed E-state index contributed by atoms with van der Waals surface area (Å²) in [6, 6.07) is 22.5. The average molecular weight is 412 g/mol. The highest BCUT2D eigenvalue weighted by Crippen LogP contribution is 2.35. The molecule has 1 atom stereocenters. The summed E-state index contributed by atoms with van der Waals surface area (Å²) < 4.78 is 0. The Bertz CT molecular complexity index is 921. The molecule has 0 radical (unpaired) electrons. The predicted molar refractivity (Wildman–Crippen MR) is 112 cm³/mol. The van der Waals surface area contributed by atoms with E-state index >= 15 is 0 Å². The minimum absolute atomic E-state index is 0.0318. The monoisotopic (exact) mass is 411 g/mol. The van der Waals surface area contributed by atoms with Gasteiger partial charge in [0.05, 0.1) is 11.0 Å². The first-order valence-corrected chi connectivity index (χ1v) is 9.98. The van der Waals surface area contributed by atoms with Gasteiger partial charge in [-0.2, -0.15) is 0 Å². The number of hydrazine groups is 1. The van der Waals surface area contributed by atoms with Crippen molar-refractivity contribution in [2.45, 2.75) is 5.25 Å². The summed E-state index contributed by atoms with van der Waals surface area (Å²) in [6.07, 6.45) is 1.52. The van der Waals surface area contributed by atoms with Gasteiger partial charge in [0, 0.05) is 11.2 Å². The van der Waals surface area contributed by atoms with Crippen LogP contribution in [0.15, 0.2) is 79.0 Å². The first-order chi connectivity index (χ1) is 13.6. The molecule has 142 valence electrons. The molecule has 0 bridgehead atoms. The van der Waals surface area contributed by atoms with Gasteiger partial charge in [0.25, 0.3) is 5.91 Å². The van der Waals surface area contributed by atoms with Crippen molar-refractivity contribution in [1.82, 2.24) is 15.8 Å². The van der Waals surface area contributed by atoms with Crippen molar-refractivity contribution in [3.8, 4) is 0 Å². The van der Waals surface area contributed by atoms with Crippen LogP contribution in [0.1, 0.15) is 26.9 Å². The second-order valence-corrected chi connectivity index (χ2v) is 7.40. The third kappa shape index (κ3) is 5.58. The number of nitrogens with zero attached hydrogens (tertiary/aromatic N) is 1. The molecule has 28 heavy (non-hydrogen) atoms. The minimum atomic E-state index is -0.462. The van der Waals surface area contributed by atoms with Crippen LogP contribution in [0.4, 0.5) is 0 Å². The highest BCUT2D eigenvalue weighted by atomic mass is 35.5. The van der Waals surface area contributed by atoms with E-state index in [0.29, 0.717) is 5.02 Å². The Morgan fingerprint density at radius 2 is 1.57 bits per heavy atom. The van der Waals surface area contributed by atoms with Crippen LogP contribution in [-0.4, -0.2) is 22.6 Å². The number of rotatable bonds is 6. The predicted octanol–water partition coefficient (Wildman–Crippen LogP) is 4.02. The number of hydrogen-bond donors (Lipinski definition) is 2. The maximum atomic E-state index is 12.2. The smallest absolute Gasteiger partial charge is 0.272 e. The van der Waals surface area contributed by atoms with Crippen LogP contribution in [0.25, 0.3) is 0 Å². The summed E-state index contributed by atoms with van der Waals surface area (Å²) in [7, 11) is 0. The van der Waals surface area contributed by atoms with Gasteiger partial charge < -0.3 is 0 Å². The van der Waals surface area contributed by atoms with E-state index < -0.39 is 5.91 Å². The topological polar surface area (TPSA) is 71.1 Å². The van der Waals surface area contributed by atoms with Crippen LogP contribution in [-0.2, 0) is 4.79 Å². The number of benzene rings is 2. The van der Waals surface area contributed by atoms with E-state index in [1.165, 1.54) is 18.0 Å². The molecule has 0 aliphatic heterocycles. The fourth-order valence-corrected chi connectivity index (χ4v) is 3.75. The SMILES string of the molecule is O=C(CS[C@@H](c1ccccc1)c1ccc(Cl)cc1)NNC(=O)c1ccccn1. The molecular formula is C21H18ClN3O2S. The molecule has 0 aliphatic carbocycles. The Balaban J connectivity index is 1.61. The Labute approximate surface area is 172 Å². The van der Waals surface area contributed by atoms with E-state index in [1.807, 2.05) is 54.6 Å². The van der Waals surface area contributed by atoms with E-state index in [1.54, 1.807) is 18.2 Å². The lowest BCUT2D eigenvalue weighted by atomic mass is 10.0. The van der Waals surface area contributed by atoms with Crippen LogP contribution in [0.3, 0.4) is 0 Å². The van der Waals surface area contributed by atoms with Gasteiger partial charge in [-0.3, -0.25) is 25.4 Å². The summed E-state index contributed by atoms with van der Waals surface area (Å²) in [4.78, 5) is 28.1. The van der Waals surface area contributed by atoms with Crippen LogP contribution in [0.5, 0.6) is 0 Å². The number of aromatic nitrogens is 1. The summed E-state index contributed by atoms with van der Waals surface area (Å²) in [6.45, 7) is 0. The van der Waals surface area contributed by atoms with Crippen molar-refractivity contribution in [1.29, 1.82) is 0 Å². The number of nitrogens with one attached hydrogen (secondary N) is 2. The Kier molecular flexibility index (Phi) is 7.06. The molecule has 3 rings (SSSR count). The van der Waals surface area contributed by atoms with Crippen LogP contribution < -0.4 is 10.9 Å². The molecule has 1 heterocycles. The molecule has 0 unspecified atom stereocenters. The van der Waals surface area contributed by atoms with Gasteiger partial charge in [0.15, 0.2) is 0 Å². The van der Waals surface area contributed by atoms with Crippen LogP contribution in [0.2, 0.25) is 5.02 Å². The average Bonchev–Trinajstić information content (AvgIpc) is 2.75. The van der Waals surface area contributed by atoms with E-state index in [9.17, 15) is 9.59 Å². The molecule has 5 nitrogen and oxygen atoms in total. The number of amides is 2. The highest BCUT2D eigenvalue weighted by Gasteiger charge is 2.17. The fraction of sp³-hybridized carbons (Fsp3) is 0.0952. The number of halogens is 1. The zero-order valence-corrected chi connectivity index (χ0v) is 16.4. The Morgan fingerprint density at radius 1 is 0.893 bits per heavy atom. The quantitative estimate of drug-likeness (QED) is 0.601. The van der Waals surface area contributed by atoms with Crippen LogP contribution >= 0.6 is 23.4 Å². The molecule has 0 saturated heterocycles. The number of hydrogen-bond acceptors (Lipinski definition) is 4. The Morgan fingerprint density at radius 3 is 2.25 bits per heavy atom. The maximum absolute atomic E-state index is 12.2. The molecule has 0 aliphatic rings. The summed E-state index contributed by atoms with van der Waals surface area (Å²) in [5, 5.41) is 0.631. The first-order valence-electron chi connectivity index (χ1n) is 8.56.